The highest BCUT2D eigenvalue weighted by atomic mass is 127. The van der Waals surface area contributed by atoms with E-state index < -0.39 is 11.6 Å². The normalized spacial score (nSPS) is 16.0. The molecule has 0 saturated carbocycles. The molecule has 0 spiro atoms. The molecule has 0 fully saturated rings. The fourth-order valence-corrected chi connectivity index (χ4v) is 3.42. The number of aliphatic hydroxyl groups excluding tert-OH is 1. The van der Waals surface area contributed by atoms with E-state index in [0.29, 0.717) is 12.1 Å². The summed E-state index contributed by atoms with van der Waals surface area (Å²) < 4.78 is 0.959. The molecule has 1 aromatic carbocycles. The smallest absolute Gasteiger partial charge is 0.233 e. The van der Waals surface area contributed by atoms with Crippen molar-refractivity contribution >= 4 is 39.8 Å². The number of nitrogens with one attached hydrogen (secondary N) is 1. The predicted molar refractivity (Wildman–Crippen MR) is 113 cm³/mol. The zero-order valence-electron chi connectivity index (χ0n) is 15.5. The van der Waals surface area contributed by atoms with Crippen molar-refractivity contribution in [2.24, 2.45) is 5.92 Å². The van der Waals surface area contributed by atoms with E-state index in [1.165, 1.54) is 5.57 Å². The van der Waals surface area contributed by atoms with Crippen LogP contribution in [0.4, 0.5) is 5.69 Å². The summed E-state index contributed by atoms with van der Waals surface area (Å²) in [6, 6.07) is 7.59. The average molecular weight is 465 g/mol. The summed E-state index contributed by atoms with van der Waals surface area (Å²) in [5, 5.41) is 13.9. The lowest BCUT2D eigenvalue weighted by atomic mass is 9.83. The van der Waals surface area contributed by atoms with Gasteiger partial charge in [-0.25, -0.2) is 0 Å². The molecule has 0 saturated heterocycles. The van der Waals surface area contributed by atoms with Gasteiger partial charge in [0.05, 0.1) is 17.0 Å². The quantitative estimate of drug-likeness (QED) is 0.258. The number of hydrogen-bond acceptors (Lipinski definition) is 4. The van der Waals surface area contributed by atoms with Gasteiger partial charge in [0, 0.05) is 9.14 Å². The van der Waals surface area contributed by atoms with Crippen molar-refractivity contribution in [1.82, 2.24) is 0 Å². The van der Waals surface area contributed by atoms with Crippen LogP contribution in [-0.4, -0.2) is 16.7 Å². The topological polar surface area (TPSA) is 66.4 Å². The molecule has 1 aliphatic carbocycles. The number of ketones is 2. The Morgan fingerprint density at radius 3 is 2.50 bits per heavy atom. The third-order valence-electron chi connectivity index (χ3n) is 4.44. The standard InChI is InChI=1S/C21H24INO3/c1-12(2)8-7-9-13(3)17-20(25)18(14(4)19(24)21(17)26)23-16-11-6-5-10-15(16)22/h5-6,8,10-11,13,23,25H,7,9H2,1-4H3. The van der Waals surface area contributed by atoms with Gasteiger partial charge in [0.2, 0.25) is 11.6 Å². The van der Waals surface area contributed by atoms with Crippen molar-refractivity contribution in [3.63, 3.8) is 0 Å². The molecule has 1 atom stereocenters. The highest BCUT2D eigenvalue weighted by molar-refractivity contribution is 14.1. The summed E-state index contributed by atoms with van der Waals surface area (Å²) in [6.07, 6.45) is 3.58. The highest BCUT2D eigenvalue weighted by Crippen LogP contribution is 2.32. The molecule has 1 aromatic rings. The summed E-state index contributed by atoms with van der Waals surface area (Å²) in [6.45, 7) is 7.48. The Morgan fingerprint density at radius 1 is 1.23 bits per heavy atom. The molecule has 0 radical (unpaired) electrons. The van der Waals surface area contributed by atoms with Gasteiger partial charge in [-0.2, -0.15) is 0 Å². The number of rotatable bonds is 6. The van der Waals surface area contributed by atoms with E-state index in [4.69, 9.17) is 0 Å². The van der Waals surface area contributed by atoms with Crippen molar-refractivity contribution in [2.75, 3.05) is 5.32 Å². The van der Waals surface area contributed by atoms with Crippen LogP contribution in [0, 0.1) is 9.49 Å². The third kappa shape index (κ3) is 4.44. The van der Waals surface area contributed by atoms with E-state index in [1.807, 2.05) is 45.0 Å². The van der Waals surface area contributed by atoms with Crippen molar-refractivity contribution in [3.05, 3.63) is 62.1 Å². The van der Waals surface area contributed by atoms with Gasteiger partial charge in [-0.15, -0.1) is 0 Å². The number of benzene rings is 1. The maximum absolute atomic E-state index is 12.5. The van der Waals surface area contributed by atoms with Gasteiger partial charge in [0.25, 0.3) is 0 Å². The Balaban J connectivity index is 2.39. The van der Waals surface area contributed by atoms with Crippen molar-refractivity contribution < 1.29 is 14.7 Å². The molecule has 0 bridgehead atoms. The summed E-state index contributed by atoms with van der Waals surface area (Å²) in [5.41, 5.74) is 2.76. The summed E-state index contributed by atoms with van der Waals surface area (Å²) in [4.78, 5) is 24.9. The van der Waals surface area contributed by atoms with Crippen LogP contribution in [0.3, 0.4) is 0 Å². The number of anilines is 1. The number of halogens is 1. The Labute approximate surface area is 168 Å². The second-order valence-electron chi connectivity index (χ2n) is 6.79. The van der Waals surface area contributed by atoms with Crippen LogP contribution >= 0.6 is 22.6 Å². The van der Waals surface area contributed by atoms with Crippen LogP contribution in [0.15, 0.2) is 58.5 Å². The van der Waals surface area contributed by atoms with E-state index in [1.54, 1.807) is 6.92 Å². The Kier molecular flexibility index (Phi) is 6.81. The summed E-state index contributed by atoms with van der Waals surface area (Å²) in [5.74, 6) is -1.48. The molecule has 2 rings (SSSR count). The zero-order valence-corrected chi connectivity index (χ0v) is 17.7. The number of carbonyl (C=O) groups is 2. The van der Waals surface area contributed by atoms with Crippen LogP contribution in [0.25, 0.3) is 0 Å². The van der Waals surface area contributed by atoms with Gasteiger partial charge in [-0.1, -0.05) is 30.7 Å². The second-order valence-corrected chi connectivity index (χ2v) is 7.95. The van der Waals surface area contributed by atoms with Crippen molar-refractivity contribution in [3.8, 4) is 0 Å². The van der Waals surface area contributed by atoms with E-state index in [0.717, 1.165) is 15.7 Å². The largest absolute Gasteiger partial charge is 0.505 e. The van der Waals surface area contributed by atoms with E-state index in [9.17, 15) is 14.7 Å². The lowest BCUT2D eigenvalue weighted by Gasteiger charge is -2.24. The first-order valence-corrected chi connectivity index (χ1v) is 9.70. The molecule has 0 amide bonds. The number of aliphatic hydroxyl groups is 1. The van der Waals surface area contributed by atoms with Gasteiger partial charge < -0.3 is 10.4 Å². The van der Waals surface area contributed by atoms with Crippen LogP contribution < -0.4 is 5.32 Å². The Hall–Kier alpha value is -1.89. The average Bonchev–Trinajstić information content (AvgIpc) is 2.58. The van der Waals surface area contributed by atoms with Gasteiger partial charge in [-0.3, -0.25) is 9.59 Å². The van der Waals surface area contributed by atoms with Gasteiger partial charge in [0.15, 0.2) is 0 Å². The van der Waals surface area contributed by atoms with Gasteiger partial charge >= 0.3 is 0 Å². The number of carbonyl (C=O) groups excluding carboxylic acids is 2. The maximum Gasteiger partial charge on any atom is 0.233 e. The Morgan fingerprint density at radius 2 is 1.88 bits per heavy atom. The van der Waals surface area contributed by atoms with Gasteiger partial charge in [0.1, 0.15) is 5.76 Å². The number of para-hydroxylation sites is 1. The first-order chi connectivity index (χ1) is 12.2. The SMILES string of the molecule is CC(C)=CCCC(C)C1=C(O)C(Nc2ccccc2I)=C(C)C(=O)C1=O. The monoisotopic (exact) mass is 465 g/mol. The molecule has 4 nitrogen and oxygen atoms in total. The fourth-order valence-electron chi connectivity index (χ4n) is 2.90. The number of Topliss-reactive ketones (excluding diaryl/α,β-unsaturated/α-hetero) is 2. The van der Waals surface area contributed by atoms with E-state index in [2.05, 4.69) is 34.0 Å². The van der Waals surface area contributed by atoms with Crippen molar-refractivity contribution in [2.45, 2.75) is 40.5 Å². The molecule has 0 aromatic heterocycles. The molecule has 1 aliphatic rings. The lowest BCUT2D eigenvalue weighted by molar-refractivity contribution is -0.132. The molecular formula is C21H24INO3. The summed E-state index contributed by atoms with van der Waals surface area (Å²) in [7, 11) is 0. The zero-order chi connectivity index (χ0) is 19.4. The maximum atomic E-state index is 12.5. The predicted octanol–water partition coefficient (Wildman–Crippen LogP) is 5.32. The minimum Gasteiger partial charge on any atom is -0.505 e. The van der Waals surface area contributed by atoms with E-state index in [-0.39, 0.29) is 22.8 Å². The second kappa shape index (κ2) is 8.66. The Bertz CT molecular complexity index is 829. The first-order valence-electron chi connectivity index (χ1n) is 8.62. The lowest BCUT2D eigenvalue weighted by Crippen LogP contribution is -2.30. The molecule has 2 N–H and O–H groups in total. The van der Waals surface area contributed by atoms with Crippen molar-refractivity contribution in [1.29, 1.82) is 0 Å². The minimum absolute atomic E-state index is 0.114. The van der Waals surface area contributed by atoms with Crippen LogP contribution in [-0.2, 0) is 9.59 Å². The molecule has 0 aliphatic heterocycles. The first kappa shape index (κ1) is 20.4. The van der Waals surface area contributed by atoms with E-state index >= 15 is 0 Å². The van der Waals surface area contributed by atoms with Crippen LogP contribution in [0.5, 0.6) is 0 Å². The summed E-state index contributed by atoms with van der Waals surface area (Å²) >= 11 is 2.18. The molecular weight excluding hydrogens is 441 g/mol. The third-order valence-corrected chi connectivity index (χ3v) is 5.38. The molecule has 0 heterocycles. The molecule has 26 heavy (non-hydrogen) atoms. The number of hydrogen-bond donors (Lipinski definition) is 2. The molecule has 138 valence electrons. The highest BCUT2D eigenvalue weighted by Gasteiger charge is 2.35. The molecule has 5 heteroatoms. The minimum atomic E-state index is -0.599. The van der Waals surface area contributed by atoms with Crippen LogP contribution in [0.2, 0.25) is 0 Å². The van der Waals surface area contributed by atoms with Crippen LogP contribution in [0.1, 0.15) is 40.5 Å². The fraction of sp³-hybridized carbons (Fsp3) is 0.333. The molecule has 1 unspecified atom stereocenters. The van der Waals surface area contributed by atoms with Gasteiger partial charge in [-0.05, 0) is 74.3 Å². The number of allylic oxidation sites excluding steroid dienone is 4.